The number of carbonyl (C=O) groups excluding carboxylic acids is 1. The van der Waals surface area contributed by atoms with E-state index in [1.807, 2.05) is 20.8 Å². The fourth-order valence-electron chi connectivity index (χ4n) is 2.93. The van der Waals surface area contributed by atoms with Gasteiger partial charge in [0.2, 0.25) is 5.91 Å². The first-order valence-corrected chi connectivity index (χ1v) is 7.80. The summed E-state index contributed by atoms with van der Waals surface area (Å²) < 4.78 is 0. The maximum absolute atomic E-state index is 12.4. The smallest absolute Gasteiger partial charge is 0.227 e. The molecule has 1 aromatic rings. The van der Waals surface area contributed by atoms with Gasteiger partial charge >= 0.3 is 0 Å². The molecule has 1 heterocycles. The number of piperidine rings is 1. The number of carbonyl (C=O) groups is 1. The molecule has 2 heteroatoms. The Morgan fingerprint density at radius 3 is 2.45 bits per heavy atom. The minimum absolute atomic E-state index is 0.270. The molecule has 0 aromatic heterocycles. The molecule has 0 saturated carbocycles. The molecule has 0 aliphatic carbocycles. The molecular formula is C18H27NO. The highest BCUT2D eigenvalue weighted by atomic mass is 16.2. The minimum atomic E-state index is -0.270. The average Bonchev–Trinajstić information content (AvgIpc) is 2.46. The largest absolute Gasteiger partial charge is 0.342 e. The van der Waals surface area contributed by atoms with E-state index in [1.165, 1.54) is 17.5 Å². The highest BCUT2D eigenvalue weighted by molar-refractivity contribution is 5.81. The van der Waals surface area contributed by atoms with Gasteiger partial charge in [-0.05, 0) is 30.4 Å². The summed E-state index contributed by atoms with van der Waals surface area (Å²) >= 11 is 0. The first-order chi connectivity index (χ1) is 9.41. The maximum atomic E-state index is 12.4. The van der Waals surface area contributed by atoms with Crippen LogP contribution in [-0.2, 0) is 11.2 Å². The number of aryl methyl sites for hydroxylation is 1. The van der Waals surface area contributed by atoms with Crippen LogP contribution >= 0.6 is 0 Å². The van der Waals surface area contributed by atoms with Crippen LogP contribution in [0.1, 0.15) is 57.6 Å². The SMILES string of the molecule is CCc1ccc(C2CCCN(C(=O)C(C)(C)C)C2)cc1. The van der Waals surface area contributed by atoms with Crippen LogP contribution in [0.3, 0.4) is 0 Å². The molecular weight excluding hydrogens is 246 g/mol. The summed E-state index contributed by atoms with van der Waals surface area (Å²) in [6.45, 7) is 10.00. The molecule has 1 aromatic carbocycles. The van der Waals surface area contributed by atoms with Crippen LogP contribution in [0.25, 0.3) is 0 Å². The predicted octanol–water partition coefficient (Wildman–Crippen LogP) is 4.00. The van der Waals surface area contributed by atoms with Crippen molar-refractivity contribution in [3.63, 3.8) is 0 Å². The molecule has 1 amide bonds. The maximum Gasteiger partial charge on any atom is 0.227 e. The highest BCUT2D eigenvalue weighted by Crippen LogP contribution is 2.29. The second-order valence-corrected chi connectivity index (χ2v) is 6.94. The molecule has 0 N–H and O–H groups in total. The molecule has 1 atom stereocenters. The van der Waals surface area contributed by atoms with E-state index < -0.39 is 0 Å². The van der Waals surface area contributed by atoms with Gasteiger partial charge in [-0.25, -0.2) is 0 Å². The van der Waals surface area contributed by atoms with Crippen LogP contribution in [0.15, 0.2) is 24.3 Å². The Bertz CT molecular complexity index is 455. The number of amides is 1. The van der Waals surface area contributed by atoms with Crippen LogP contribution in [-0.4, -0.2) is 23.9 Å². The lowest BCUT2D eigenvalue weighted by molar-refractivity contribution is -0.140. The van der Waals surface area contributed by atoms with Crippen molar-refractivity contribution in [2.45, 2.75) is 52.9 Å². The molecule has 1 saturated heterocycles. The molecule has 1 fully saturated rings. The monoisotopic (exact) mass is 273 g/mol. The van der Waals surface area contributed by atoms with E-state index in [9.17, 15) is 4.79 Å². The zero-order valence-corrected chi connectivity index (χ0v) is 13.3. The summed E-state index contributed by atoms with van der Waals surface area (Å²) in [7, 11) is 0. The van der Waals surface area contributed by atoms with E-state index in [1.54, 1.807) is 0 Å². The van der Waals surface area contributed by atoms with E-state index in [-0.39, 0.29) is 11.3 Å². The van der Waals surface area contributed by atoms with Crippen LogP contribution < -0.4 is 0 Å². The van der Waals surface area contributed by atoms with Gasteiger partial charge in [0.15, 0.2) is 0 Å². The average molecular weight is 273 g/mol. The van der Waals surface area contributed by atoms with Crippen molar-refractivity contribution >= 4 is 5.91 Å². The molecule has 0 bridgehead atoms. The standard InChI is InChI=1S/C18H27NO/c1-5-14-8-10-15(11-9-14)16-7-6-12-19(13-16)17(20)18(2,3)4/h8-11,16H,5-7,12-13H2,1-4H3. The van der Waals surface area contributed by atoms with Crippen LogP contribution in [0.2, 0.25) is 0 Å². The quantitative estimate of drug-likeness (QED) is 0.797. The zero-order valence-electron chi connectivity index (χ0n) is 13.3. The lowest BCUT2D eigenvalue weighted by Crippen LogP contribution is -2.44. The topological polar surface area (TPSA) is 20.3 Å². The van der Waals surface area contributed by atoms with Gasteiger partial charge in [0.25, 0.3) is 0 Å². The van der Waals surface area contributed by atoms with E-state index >= 15 is 0 Å². The van der Waals surface area contributed by atoms with Crippen molar-refractivity contribution in [3.8, 4) is 0 Å². The summed E-state index contributed by atoms with van der Waals surface area (Å²) in [6, 6.07) is 8.93. The van der Waals surface area contributed by atoms with Gasteiger partial charge in [-0.2, -0.15) is 0 Å². The molecule has 1 aliphatic rings. The Balaban J connectivity index is 2.08. The van der Waals surface area contributed by atoms with Crippen molar-refractivity contribution in [2.24, 2.45) is 5.41 Å². The third kappa shape index (κ3) is 3.41. The minimum Gasteiger partial charge on any atom is -0.342 e. The van der Waals surface area contributed by atoms with E-state index in [0.29, 0.717) is 5.92 Å². The second-order valence-electron chi connectivity index (χ2n) is 6.94. The molecule has 0 radical (unpaired) electrons. The molecule has 2 rings (SSSR count). The Hall–Kier alpha value is -1.31. The van der Waals surface area contributed by atoms with Gasteiger partial charge in [0.05, 0.1) is 0 Å². The Morgan fingerprint density at radius 1 is 1.25 bits per heavy atom. The Morgan fingerprint density at radius 2 is 1.90 bits per heavy atom. The zero-order chi connectivity index (χ0) is 14.8. The van der Waals surface area contributed by atoms with Crippen LogP contribution in [0, 0.1) is 5.41 Å². The van der Waals surface area contributed by atoms with E-state index in [2.05, 4.69) is 36.1 Å². The third-order valence-electron chi connectivity index (χ3n) is 4.21. The summed E-state index contributed by atoms with van der Waals surface area (Å²) in [6.07, 6.45) is 3.39. The molecule has 1 aliphatic heterocycles. The normalized spacial score (nSPS) is 20.0. The third-order valence-corrected chi connectivity index (χ3v) is 4.21. The van der Waals surface area contributed by atoms with Crippen molar-refractivity contribution in [2.75, 3.05) is 13.1 Å². The van der Waals surface area contributed by atoms with Gasteiger partial charge in [0.1, 0.15) is 0 Å². The highest BCUT2D eigenvalue weighted by Gasteiger charge is 2.31. The van der Waals surface area contributed by atoms with Crippen molar-refractivity contribution in [1.82, 2.24) is 4.90 Å². The fraction of sp³-hybridized carbons (Fsp3) is 0.611. The number of rotatable bonds is 2. The molecule has 110 valence electrons. The number of likely N-dealkylation sites (tertiary alicyclic amines) is 1. The summed E-state index contributed by atoms with van der Waals surface area (Å²) in [5.74, 6) is 0.785. The fourth-order valence-corrected chi connectivity index (χ4v) is 2.93. The molecule has 2 nitrogen and oxygen atoms in total. The summed E-state index contributed by atoms with van der Waals surface area (Å²) in [5, 5.41) is 0. The number of hydrogen-bond acceptors (Lipinski definition) is 1. The lowest BCUT2D eigenvalue weighted by Gasteiger charge is -2.36. The summed E-state index contributed by atoms with van der Waals surface area (Å²) in [4.78, 5) is 14.5. The van der Waals surface area contributed by atoms with Gasteiger partial charge in [0, 0.05) is 24.4 Å². The van der Waals surface area contributed by atoms with Gasteiger partial charge in [-0.3, -0.25) is 4.79 Å². The first kappa shape index (κ1) is 15.1. The van der Waals surface area contributed by atoms with Crippen molar-refractivity contribution < 1.29 is 4.79 Å². The first-order valence-electron chi connectivity index (χ1n) is 7.80. The number of benzene rings is 1. The predicted molar refractivity (Wildman–Crippen MR) is 83.8 cm³/mol. The molecule has 1 unspecified atom stereocenters. The van der Waals surface area contributed by atoms with Crippen LogP contribution in [0.4, 0.5) is 0 Å². The van der Waals surface area contributed by atoms with Crippen molar-refractivity contribution in [1.29, 1.82) is 0 Å². The number of nitrogens with zero attached hydrogens (tertiary/aromatic N) is 1. The Kier molecular flexibility index (Phi) is 4.52. The second kappa shape index (κ2) is 5.99. The van der Waals surface area contributed by atoms with Gasteiger partial charge < -0.3 is 4.90 Å². The van der Waals surface area contributed by atoms with Gasteiger partial charge in [-0.1, -0.05) is 52.0 Å². The molecule has 0 spiro atoms. The summed E-state index contributed by atoms with van der Waals surface area (Å²) in [5.41, 5.74) is 2.49. The van der Waals surface area contributed by atoms with E-state index in [0.717, 1.165) is 25.9 Å². The van der Waals surface area contributed by atoms with E-state index in [4.69, 9.17) is 0 Å². The molecule has 20 heavy (non-hydrogen) atoms. The number of hydrogen-bond donors (Lipinski definition) is 0. The lowest BCUT2D eigenvalue weighted by atomic mass is 9.87. The van der Waals surface area contributed by atoms with Crippen LogP contribution in [0.5, 0.6) is 0 Å². The van der Waals surface area contributed by atoms with Gasteiger partial charge in [-0.15, -0.1) is 0 Å². The van der Waals surface area contributed by atoms with Crippen molar-refractivity contribution in [3.05, 3.63) is 35.4 Å². The Labute approximate surface area is 123 Å².